The molecule has 0 amide bonds. The van der Waals surface area contributed by atoms with Gasteiger partial charge in [0.25, 0.3) is 0 Å². The van der Waals surface area contributed by atoms with Gasteiger partial charge in [-0.1, -0.05) is 19.0 Å². The molecule has 1 heterocycles. The number of ether oxygens (including phenoxy) is 1. The number of hydrogen-bond acceptors (Lipinski definition) is 5. The lowest BCUT2D eigenvalue weighted by Gasteiger charge is -2.21. The first-order valence-corrected chi connectivity index (χ1v) is 5.75. The van der Waals surface area contributed by atoms with Gasteiger partial charge in [-0.25, -0.2) is 0 Å². The van der Waals surface area contributed by atoms with Crippen molar-refractivity contribution >= 4 is 0 Å². The van der Waals surface area contributed by atoms with Crippen molar-refractivity contribution in [3.63, 3.8) is 0 Å². The van der Waals surface area contributed by atoms with Gasteiger partial charge in [0.2, 0.25) is 11.7 Å². The molecule has 0 radical (unpaired) electrons. The third-order valence-corrected chi connectivity index (χ3v) is 2.77. The summed E-state index contributed by atoms with van der Waals surface area (Å²) >= 11 is 0. The van der Waals surface area contributed by atoms with E-state index in [2.05, 4.69) is 22.4 Å². The lowest BCUT2D eigenvalue weighted by atomic mass is 10.0. The maximum atomic E-state index is 5.41. The molecule has 0 aliphatic carbocycles. The van der Waals surface area contributed by atoms with Crippen LogP contribution in [0.15, 0.2) is 4.52 Å². The maximum absolute atomic E-state index is 5.41. The molecule has 1 N–H and O–H groups in total. The molecule has 92 valence electrons. The van der Waals surface area contributed by atoms with Crippen LogP contribution in [0.1, 0.15) is 45.3 Å². The molecular weight excluding hydrogens is 206 g/mol. The Bertz CT molecular complexity index is 308. The molecule has 1 rings (SSSR count). The standard InChI is InChI=1S/C11H21N3O2/c1-5-7-12-8-9-13-10(14-16-9)11(3,6-2)15-4/h12H,5-8H2,1-4H3. The summed E-state index contributed by atoms with van der Waals surface area (Å²) in [5, 5.41) is 7.17. The Kier molecular flexibility index (Phi) is 4.89. The lowest BCUT2D eigenvalue weighted by molar-refractivity contribution is -0.0106. The van der Waals surface area contributed by atoms with Crippen molar-refractivity contribution in [1.82, 2.24) is 15.5 Å². The molecule has 0 fully saturated rings. The summed E-state index contributed by atoms with van der Waals surface area (Å²) in [7, 11) is 1.66. The normalized spacial score (nSPS) is 15.0. The van der Waals surface area contributed by atoms with E-state index >= 15 is 0 Å². The number of nitrogens with zero attached hydrogens (tertiary/aromatic N) is 2. The van der Waals surface area contributed by atoms with Gasteiger partial charge in [0.1, 0.15) is 5.60 Å². The van der Waals surface area contributed by atoms with Crippen LogP contribution >= 0.6 is 0 Å². The van der Waals surface area contributed by atoms with Crippen LogP contribution in [0.4, 0.5) is 0 Å². The molecule has 0 aromatic carbocycles. The van der Waals surface area contributed by atoms with Gasteiger partial charge in [0, 0.05) is 7.11 Å². The van der Waals surface area contributed by atoms with E-state index in [0.717, 1.165) is 19.4 Å². The van der Waals surface area contributed by atoms with Crippen LogP contribution < -0.4 is 5.32 Å². The molecular formula is C11H21N3O2. The molecule has 0 spiro atoms. The smallest absolute Gasteiger partial charge is 0.240 e. The zero-order valence-corrected chi connectivity index (χ0v) is 10.5. The molecule has 5 nitrogen and oxygen atoms in total. The fraction of sp³-hybridized carbons (Fsp3) is 0.818. The molecule has 0 saturated carbocycles. The molecule has 5 heteroatoms. The molecule has 0 saturated heterocycles. The van der Waals surface area contributed by atoms with Crippen molar-refractivity contribution < 1.29 is 9.26 Å². The highest BCUT2D eigenvalue weighted by Crippen LogP contribution is 2.25. The van der Waals surface area contributed by atoms with E-state index in [1.54, 1.807) is 7.11 Å². The van der Waals surface area contributed by atoms with E-state index in [0.29, 0.717) is 18.3 Å². The van der Waals surface area contributed by atoms with Gasteiger partial charge in [0.05, 0.1) is 6.54 Å². The Morgan fingerprint density at radius 2 is 2.19 bits per heavy atom. The predicted molar refractivity (Wildman–Crippen MR) is 60.9 cm³/mol. The van der Waals surface area contributed by atoms with E-state index < -0.39 is 5.60 Å². The second kappa shape index (κ2) is 5.96. The number of hydrogen-bond donors (Lipinski definition) is 1. The fourth-order valence-corrected chi connectivity index (χ4v) is 1.31. The van der Waals surface area contributed by atoms with Crippen LogP contribution in [0.3, 0.4) is 0 Å². The van der Waals surface area contributed by atoms with Crippen LogP contribution in [0, 0.1) is 0 Å². The first-order chi connectivity index (χ1) is 7.66. The summed E-state index contributed by atoms with van der Waals surface area (Å²) in [4.78, 5) is 4.33. The molecule has 1 aromatic heterocycles. The number of methoxy groups -OCH3 is 1. The molecule has 1 unspecified atom stereocenters. The van der Waals surface area contributed by atoms with Crippen LogP contribution in [0.2, 0.25) is 0 Å². The Morgan fingerprint density at radius 1 is 1.44 bits per heavy atom. The average Bonchev–Trinajstić information content (AvgIpc) is 2.78. The summed E-state index contributed by atoms with van der Waals surface area (Å²) < 4.78 is 10.6. The molecule has 0 aliphatic rings. The average molecular weight is 227 g/mol. The minimum absolute atomic E-state index is 0.452. The van der Waals surface area contributed by atoms with Crippen molar-refractivity contribution in [2.45, 2.75) is 45.8 Å². The summed E-state index contributed by atoms with van der Waals surface area (Å²) in [5.74, 6) is 1.23. The largest absolute Gasteiger partial charge is 0.370 e. The summed E-state index contributed by atoms with van der Waals surface area (Å²) in [6.45, 7) is 7.68. The second-order valence-electron chi connectivity index (χ2n) is 3.98. The van der Waals surface area contributed by atoms with E-state index in [1.165, 1.54) is 0 Å². The third kappa shape index (κ3) is 3.02. The van der Waals surface area contributed by atoms with Crippen molar-refractivity contribution in [3.8, 4) is 0 Å². The van der Waals surface area contributed by atoms with Crippen molar-refractivity contribution in [2.24, 2.45) is 0 Å². The van der Waals surface area contributed by atoms with Crippen molar-refractivity contribution in [3.05, 3.63) is 11.7 Å². The van der Waals surface area contributed by atoms with Gasteiger partial charge in [-0.15, -0.1) is 0 Å². The van der Waals surface area contributed by atoms with Gasteiger partial charge >= 0.3 is 0 Å². The first-order valence-electron chi connectivity index (χ1n) is 5.75. The second-order valence-corrected chi connectivity index (χ2v) is 3.98. The van der Waals surface area contributed by atoms with Crippen LogP contribution in [-0.4, -0.2) is 23.8 Å². The van der Waals surface area contributed by atoms with E-state index in [9.17, 15) is 0 Å². The van der Waals surface area contributed by atoms with Gasteiger partial charge in [-0.05, 0) is 26.3 Å². The van der Waals surface area contributed by atoms with Gasteiger partial charge in [0.15, 0.2) is 0 Å². The highest BCUT2D eigenvalue weighted by Gasteiger charge is 2.29. The van der Waals surface area contributed by atoms with E-state index in [-0.39, 0.29) is 0 Å². The van der Waals surface area contributed by atoms with Gasteiger partial charge in [-0.2, -0.15) is 4.98 Å². The summed E-state index contributed by atoms with van der Waals surface area (Å²) in [6.07, 6.45) is 1.90. The topological polar surface area (TPSA) is 60.2 Å². The first kappa shape index (κ1) is 13.1. The van der Waals surface area contributed by atoms with E-state index in [1.807, 2.05) is 13.8 Å². The van der Waals surface area contributed by atoms with Gasteiger partial charge < -0.3 is 14.6 Å². The highest BCUT2D eigenvalue weighted by molar-refractivity contribution is 4.98. The van der Waals surface area contributed by atoms with Crippen LogP contribution in [0.25, 0.3) is 0 Å². The zero-order valence-electron chi connectivity index (χ0n) is 10.5. The Balaban J connectivity index is 2.63. The Labute approximate surface area is 96.6 Å². The highest BCUT2D eigenvalue weighted by atomic mass is 16.5. The number of rotatable bonds is 7. The minimum atomic E-state index is -0.452. The SMILES string of the molecule is CCCNCc1nc(C(C)(CC)OC)no1. The quantitative estimate of drug-likeness (QED) is 0.720. The molecule has 1 atom stereocenters. The minimum Gasteiger partial charge on any atom is -0.370 e. The van der Waals surface area contributed by atoms with Crippen LogP contribution in [0.5, 0.6) is 0 Å². The molecule has 16 heavy (non-hydrogen) atoms. The Hall–Kier alpha value is -0.940. The lowest BCUT2D eigenvalue weighted by Crippen LogP contribution is -2.25. The van der Waals surface area contributed by atoms with Crippen LogP contribution in [-0.2, 0) is 16.9 Å². The molecule has 0 bridgehead atoms. The number of aromatic nitrogens is 2. The zero-order chi connectivity index (χ0) is 12.0. The summed E-state index contributed by atoms with van der Waals surface area (Å²) in [5.41, 5.74) is -0.452. The third-order valence-electron chi connectivity index (χ3n) is 2.77. The summed E-state index contributed by atoms with van der Waals surface area (Å²) in [6, 6.07) is 0. The predicted octanol–water partition coefficient (Wildman–Crippen LogP) is 1.84. The number of nitrogens with one attached hydrogen (secondary N) is 1. The van der Waals surface area contributed by atoms with Crippen molar-refractivity contribution in [2.75, 3.05) is 13.7 Å². The fourth-order valence-electron chi connectivity index (χ4n) is 1.31. The van der Waals surface area contributed by atoms with Gasteiger partial charge in [-0.3, -0.25) is 0 Å². The molecule has 0 aliphatic heterocycles. The maximum Gasteiger partial charge on any atom is 0.240 e. The molecule has 1 aromatic rings. The van der Waals surface area contributed by atoms with Crippen molar-refractivity contribution in [1.29, 1.82) is 0 Å². The van der Waals surface area contributed by atoms with E-state index in [4.69, 9.17) is 9.26 Å². The Morgan fingerprint density at radius 3 is 2.75 bits per heavy atom. The monoisotopic (exact) mass is 227 g/mol.